The number of nitrogens with zero attached hydrogens (tertiary/aromatic N) is 3. The van der Waals surface area contributed by atoms with Crippen molar-refractivity contribution in [2.24, 2.45) is 0 Å². The van der Waals surface area contributed by atoms with E-state index in [1.54, 1.807) is 16.7 Å². The number of hydrogen-bond donors (Lipinski definition) is 1. The Morgan fingerprint density at radius 2 is 1.64 bits per heavy atom. The molecule has 0 aliphatic carbocycles. The fraction of sp³-hybridized carbons (Fsp3) is 0.571. The summed E-state index contributed by atoms with van der Waals surface area (Å²) in [7, 11) is 2.05. The molecule has 1 aliphatic heterocycles. The monoisotopic (exact) mass is 388 g/mol. The summed E-state index contributed by atoms with van der Waals surface area (Å²) in [6.07, 6.45) is 2.55. The summed E-state index contributed by atoms with van der Waals surface area (Å²) >= 11 is 0. The lowest BCUT2D eigenvalue weighted by atomic mass is 10.1. The molecule has 1 N–H and O–H groups in total. The first-order valence-corrected chi connectivity index (χ1v) is 10.0. The molecule has 1 aromatic rings. The molecule has 28 heavy (non-hydrogen) atoms. The molecule has 0 spiro atoms. The molecule has 7 nitrogen and oxygen atoms in total. The Kier molecular flexibility index (Phi) is 8.29. The quantitative estimate of drug-likeness (QED) is 0.736. The lowest BCUT2D eigenvalue weighted by molar-refractivity contribution is -0.138. The number of hydrogen-bond acceptors (Lipinski definition) is 4. The first-order valence-electron chi connectivity index (χ1n) is 10.0. The topological polar surface area (TPSA) is 73.0 Å². The Morgan fingerprint density at radius 3 is 2.21 bits per heavy atom. The summed E-state index contributed by atoms with van der Waals surface area (Å²) in [5, 5.41) is 2.81. The van der Waals surface area contributed by atoms with Crippen LogP contribution in [0.4, 0.5) is 5.69 Å². The van der Waals surface area contributed by atoms with Gasteiger partial charge in [-0.1, -0.05) is 13.3 Å². The van der Waals surface area contributed by atoms with E-state index < -0.39 is 0 Å². The minimum Gasteiger partial charge on any atom is -0.375 e. The summed E-state index contributed by atoms with van der Waals surface area (Å²) in [5.74, 6) is -0.115. The molecule has 7 heteroatoms. The number of nitrogens with one attached hydrogen (secondary N) is 1. The summed E-state index contributed by atoms with van der Waals surface area (Å²) < 4.78 is 0. The van der Waals surface area contributed by atoms with Crippen LogP contribution in [0.15, 0.2) is 24.3 Å². The molecule has 1 fully saturated rings. The van der Waals surface area contributed by atoms with Gasteiger partial charge in [0.25, 0.3) is 5.91 Å². The maximum atomic E-state index is 12.3. The minimum atomic E-state index is -0.169. The maximum Gasteiger partial charge on any atom is 0.251 e. The molecule has 0 saturated carbocycles. The second-order valence-electron chi connectivity index (χ2n) is 7.21. The Bertz CT molecular complexity index is 667. The molecule has 0 radical (unpaired) electrons. The van der Waals surface area contributed by atoms with Crippen LogP contribution in [0, 0.1) is 0 Å². The van der Waals surface area contributed by atoms with Gasteiger partial charge in [0.1, 0.15) is 0 Å². The Hall–Kier alpha value is -2.57. The number of carbonyl (C=O) groups is 3. The number of rotatable bonds is 8. The van der Waals surface area contributed by atoms with Crippen LogP contribution in [-0.2, 0) is 9.59 Å². The fourth-order valence-electron chi connectivity index (χ4n) is 3.21. The molecule has 2 rings (SSSR count). The van der Waals surface area contributed by atoms with E-state index in [4.69, 9.17) is 0 Å². The molecule has 0 bridgehead atoms. The third kappa shape index (κ3) is 6.25. The van der Waals surface area contributed by atoms with Gasteiger partial charge in [0, 0.05) is 70.9 Å². The maximum absolute atomic E-state index is 12.3. The van der Waals surface area contributed by atoms with Gasteiger partial charge in [0.2, 0.25) is 11.8 Å². The Balaban J connectivity index is 1.73. The molecule has 154 valence electrons. The highest BCUT2D eigenvalue weighted by molar-refractivity contribution is 5.94. The van der Waals surface area contributed by atoms with Gasteiger partial charge in [-0.2, -0.15) is 0 Å². The van der Waals surface area contributed by atoms with E-state index in [0.717, 1.165) is 25.1 Å². The number of unbranched alkanes of at least 4 members (excludes halogenated alkanes) is 1. The summed E-state index contributed by atoms with van der Waals surface area (Å²) in [6.45, 7) is 7.27. The number of carbonyl (C=O) groups excluding carboxylic acids is 3. The van der Waals surface area contributed by atoms with E-state index in [2.05, 4.69) is 17.1 Å². The van der Waals surface area contributed by atoms with Gasteiger partial charge >= 0.3 is 0 Å². The van der Waals surface area contributed by atoms with Crippen molar-refractivity contribution in [3.63, 3.8) is 0 Å². The molecule has 0 aromatic heterocycles. The third-order valence-electron chi connectivity index (χ3n) is 5.12. The highest BCUT2D eigenvalue weighted by atomic mass is 16.2. The molecule has 1 aromatic carbocycles. The lowest BCUT2D eigenvalue weighted by Crippen LogP contribution is -2.50. The predicted octanol–water partition coefficient (Wildman–Crippen LogP) is 1.73. The van der Waals surface area contributed by atoms with Crippen molar-refractivity contribution < 1.29 is 14.4 Å². The van der Waals surface area contributed by atoms with Crippen LogP contribution in [0.1, 0.15) is 43.5 Å². The van der Waals surface area contributed by atoms with Crippen LogP contribution in [0.2, 0.25) is 0 Å². The smallest absolute Gasteiger partial charge is 0.251 e. The van der Waals surface area contributed by atoms with Crippen molar-refractivity contribution >= 4 is 23.4 Å². The number of benzene rings is 1. The highest BCUT2D eigenvalue weighted by Crippen LogP contribution is 2.14. The van der Waals surface area contributed by atoms with Gasteiger partial charge in [-0.15, -0.1) is 0 Å². The van der Waals surface area contributed by atoms with Gasteiger partial charge < -0.3 is 20.0 Å². The van der Waals surface area contributed by atoms with Crippen molar-refractivity contribution in [2.45, 2.75) is 33.1 Å². The van der Waals surface area contributed by atoms with E-state index in [1.165, 1.54) is 0 Å². The van der Waals surface area contributed by atoms with E-state index in [0.29, 0.717) is 38.3 Å². The van der Waals surface area contributed by atoms with Crippen LogP contribution in [-0.4, -0.2) is 73.8 Å². The average Bonchev–Trinajstić information content (AvgIpc) is 2.71. The van der Waals surface area contributed by atoms with Crippen LogP contribution >= 0.6 is 0 Å². The van der Waals surface area contributed by atoms with Crippen molar-refractivity contribution in [1.82, 2.24) is 15.1 Å². The first-order chi connectivity index (χ1) is 13.4. The molecule has 3 amide bonds. The van der Waals surface area contributed by atoms with Gasteiger partial charge in [-0.05, 0) is 30.7 Å². The minimum absolute atomic E-state index is 0.0106. The van der Waals surface area contributed by atoms with E-state index >= 15 is 0 Å². The lowest BCUT2D eigenvalue weighted by Gasteiger charge is -2.34. The molecule has 1 aliphatic rings. The van der Waals surface area contributed by atoms with Crippen molar-refractivity contribution in [2.75, 3.05) is 51.2 Å². The van der Waals surface area contributed by atoms with Crippen LogP contribution < -0.4 is 10.2 Å². The Morgan fingerprint density at radius 1 is 1.04 bits per heavy atom. The van der Waals surface area contributed by atoms with Crippen molar-refractivity contribution in [1.29, 1.82) is 0 Å². The summed E-state index contributed by atoms with van der Waals surface area (Å²) in [4.78, 5) is 41.6. The highest BCUT2D eigenvalue weighted by Gasteiger charge is 2.22. The van der Waals surface area contributed by atoms with Gasteiger partial charge in [0.05, 0.1) is 0 Å². The molecule has 1 heterocycles. The van der Waals surface area contributed by atoms with Crippen LogP contribution in [0.3, 0.4) is 0 Å². The fourth-order valence-corrected chi connectivity index (χ4v) is 3.21. The van der Waals surface area contributed by atoms with Gasteiger partial charge in [0.15, 0.2) is 0 Å². The zero-order valence-electron chi connectivity index (χ0n) is 17.2. The normalized spacial score (nSPS) is 14.0. The van der Waals surface area contributed by atoms with Crippen molar-refractivity contribution in [3.8, 4) is 0 Å². The second kappa shape index (κ2) is 10.7. The molecule has 0 unspecified atom stereocenters. The predicted molar refractivity (Wildman–Crippen MR) is 110 cm³/mol. The summed E-state index contributed by atoms with van der Waals surface area (Å²) in [5.41, 5.74) is 1.68. The average molecular weight is 389 g/mol. The number of piperazine rings is 1. The second-order valence-corrected chi connectivity index (χ2v) is 7.21. The zero-order valence-corrected chi connectivity index (χ0v) is 17.2. The number of anilines is 1. The molecular weight excluding hydrogens is 356 g/mol. The van der Waals surface area contributed by atoms with E-state index in [9.17, 15) is 14.4 Å². The SMILES string of the molecule is CCCCN(C)c1ccc(C(=O)NCCC(=O)N2CCN(C(C)=O)CC2)cc1. The third-order valence-corrected chi connectivity index (χ3v) is 5.12. The van der Waals surface area contributed by atoms with Crippen LogP contribution in [0.25, 0.3) is 0 Å². The standard InChI is InChI=1S/C21H32N4O3/c1-4-5-12-23(3)19-8-6-18(7-9-19)21(28)22-11-10-20(27)25-15-13-24(14-16-25)17(2)26/h6-9H,4-5,10-16H2,1-3H3,(H,22,28). The van der Waals surface area contributed by atoms with Gasteiger partial charge in [-0.25, -0.2) is 0 Å². The van der Waals surface area contributed by atoms with Crippen LogP contribution in [0.5, 0.6) is 0 Å². The van der Waals surface area contributed by atoms with E-state index in [-0.39, 0.29) is 24.1 Å². The summed E-state index contributed by atoms with van der Waals surface area (Å²) in [6, 6.07) is 7.53. The first kappa shape index (κ1) is 21.7. The van der Waals surface area contributed by atoms with E-state index in [1.807, 2.05) is 31.3 Å². The molecule has 1 saturated heterocycles. The molecular formula is C21H32N4O3. The van der Waals surface area contributed by atoms with Crippen molar-refractivity contribution in [3.05, 3.63) is 29.8 Å². The zero-order chi connectivity index (χ0) is 20.5. The molecule has 0 atom stereocenters. The van der Waals surface area contributed by atoms with Gasteiger partial charge in [-0.3, -0.25) is 14.4 Å². The largest absolute Gasteiger partial charge is 0.375 e. The Labute approximate surface area is 167 Å². The number of amides is 3.